The first-order valence-corrected chi connectivity index (χ1v) is 11.0. The maximum absolute atomic E-state index is 13.3. The molecule has 1 fully saturated rings. The quantitative estimate of drug-likeness (QED) is 0.467. The highest BCUT2D eigenvalue weighted by Crippen LogP contribution is 2.28. The Morgan fingerprint density at radius 2 is 1.93 bits per heavy atom. The molecular weight excluding hydrogens is 429 g/mol. The maximum Gasteiger partial charge on any atom is 0.308 e. The monoisotopic (exact) mass is 449 g/mol. The van der Waals surface area contributed by atoms with E-state index >= 15 is 0 Å². The van der Waals surface area contributed by atoms with Crippen LogP contribution in [0.3, 0.4) is 0 Å². The molecule has 1 N–H and O–H groups in total. The molecule has 2 aromatic carbocycles. The number of amides is 1. The van der Waals surface area contributed by atoms with Crippen LogP contribution in [0.5, 0.6) is 0 Å². The van der Waals surface area contributed by atoms with Crippen molar-refractivity contribution in [1.29, 1.82) is 0 Å². The first-order valence-electron chi connectivity index (χ1n) is 9.29. The first kappa shape index (κ1) is 21.8. The topological polar surface area (TPSA) is 57.6 Å². The van der Waals surface area contributed by atoms with Crippen LogP contribution in [0, 0.1) is 5.92 Å². The molecule has 1 aliphatic rings. The normalized spacial score (nSPS) is 17.2. The number of likely N-dealkylation sites (tertiary alicyclic amines) is 1. The second kappa shape index (κ2) is 10.2. The van der Waals surface area contributed by atoms with Gasteiger partial charge in [-0.1, -0.05) is 47.5 Å². The van der Waals surface area contributed by atoms with E-state index in [0.717, 1.165) is 4.90 Å². The molecule has 1 aliphatic heterocycles. The summed E-state index contributed by atoms with van der Waals surface area (Å²) in [5, 5.41) is 10.3. The Balaban J connectivity index is 1.85. The lowest BCUT2D eigenvalue weighted by Gasteiger charge is -2.31. The number of benzene rings is 2. The number of piperidine rings is 1. The number of aliphatic carboxylic acids is 1. The minimum Gasteiger partial charge on any atom is -0.481 e. The summed E-state index contributed by atoms with van der Waals surface area (Å²) in [4.78, 5) is 27.3. The number of thioether (sulfide) groups is 1. The lowest BCUT2D eigenvalue weighted by molar-refractivity contribution is -0.145. The van der Waals surface area contributed by atoms with Crippen LogP contribution in [0.1, 0.15) is 18.4 Å². The van der Waals surface area contributed by atoms with E-state index in [2.05, 4.69) is 0 Å². The molecular formula is C22H21Cl2NO3S. The summed E-state index contributed by atoms with van der Waals surface area (Å²) in [5.41, 5.74) is 1.29. The zero-order valence-electron chi connectivity index (χ0n) is 15.7. The molecule has 0 aliphatic carbocycles. The van der Waals surface area contributed by atoms with Gasteiger partial charge < -0.3 is 10.0 Å². The molecule has 0 aromatic heterocycles. The van der Waals surface area contributed by atoms with Crippen molar-refractivity contribution in [2.24, 2.45) is 5.92 Å². The average Bonchev–Trinajstić information content (AvgIpc) is 2.73. The van der Waals surface area contributed by atoms with Crippen molar-refractivity contribution in [3.05, 3.63) is 69.7 Å². The van der Waals surface area contributed by atoms with E-state index in [-0.39, 0.29) is 12.5 Å². The van der Waals surface area contributed by atoms with Gasteiger partial charge in [0.1, 0.15) is 0 Å². The molecule has 29 heavy (non-hydrogen) atoms. The molecule has 4 nitrogen and oxygen atoms in total. The Morgan fingerprint density at radius 1 is 1.17 bits per heavy atom. The summed E-state index contributed by atoms with van der Waals surface area (Å²) < 4.78 is 0. The van der Waals surface area contributed by atoms with Crippen LogP contribution in [0.2, 0.25) is 10.0 Å². The third kappa shape index (κ3) is 6.01. The summed E-state index contributed by atoms with van der Waals surface area (Å²) in [5.74, 6) is -1.07. The third-order valence-corrected chi connectivity index (χ3v) is 6.39. The van der Waals surface area contributed by atoms with Crippen LogP contribution in [0.4, 0.5) is 0 Å². The van der Waals surface area contributed by atoms with Crippen LogP contribution in [-0.2, 0) is 9.59 Å². The van der Waals surface area contributed by atoms with E-state index in [1.807, 2.05) is 30.3 Å². The summed E-state index contributed by atoms with van der Waals surface area (Å²) in [6.45, 7) is 0.792. The second-order valence-corrected chi connectivity index (χ2v) is 8.76. The molecule has 0 saturated carbocycles. The summed E-state index contributed by atoms with van der Waals surface area (Å²) >= 11 is 13.8. The fourth-order valence-electron chi connectivity index (χ4n) is 3.22. The minimum absolute atomic E-state index is 0.148. The van der Waals surface area contributed by atoms with Gasteiger partial charge in [-0.25, -0.2) is 0 Å². The summed E-state index contributed by atoms with van der Waals surface area (Å²) in [6, 6.07) is 15.0. The van der Waals surface area contributed by atoms with Gasteiger partial charge in [0.2, 0.25) is 0 Å². The van der Waals surface area contributed by atoms with E-state index in [4.69, 9.17) is 23.2 Å². The van der Waals surface area contributed by atoms with Crippen LogP contribution in [0.15, 0.2) is 59.0 Å². The molecule has 1 saturated heterocycles. The van der Waals surface area contributed by atoms with E-state index in [0.29, 0.717) is 46.3 Å². The predicted octanol–water partition coefficient (Wildman–Crippen LogP) is 5.49. The Labute approximate surface area is 184 Å². The van der Waals surface area contributed by atoms with Gasteiger partial charge >= 0.3 is 5.97 Å². The van der Waals surface area contributed by atoms with Crippen LogP contribution in [0.25, 0.3) is 6.08 Å². The molecule has 1 atom stereocenters. The largest absolute Gasteiger partial charge is 0.481 e. The van der Waals surface area contributed by atoms with Gasteiger partial charge in [-0.15, -0.1) is 11.8 Å². The second-order valence-electron chi connectivity index (χ2n) is 6.87. The molecule has 2 aromatic rings. The molecule has 3 rings (SSSR count). The highest BCUT2D eigenvalue weighted by atomic mass is 35.5. The Morgan fingerprint density at radius 3 is 2.62 bits per heavy atom. The van der Waals surface area contributed by atoms with Crippen LogP contribution >= 0.6 is 35.0 Å². The molecule has 1 heterocycles. The maximum atomic E-state index is 13.3. The number of carboxylic acids is 1. The number of rotatable bonds is 6. The number of hydrogen-bond acceptors (Lipinski definition) is 3. The van der Waals surface area contributed by atoms with Crippen molar-refractivity contribution >= 4 is 52.9 Å². The smallest absolute Gasteiger partial charge is 0.308 e. The minimum atomic E-state index is -0.854. The van der Waals surface area contributed by atoms with Crippen LogP contribution in [-0.4, -0.2) is 40.7 Å². The number of halogens is 2. The van der Waals surface area contributed by atoms with Gasteiger partial charge in [0.05, 0.1) is 5.92 Å². The summed E-state index contributed by atoms with van der Waals surface area (Å²) in [6.07, 6.45) is 3.06. The zero-order valence-corrected chi connectivity index (χ0v) is 18.0. The third-order valence-electron chi connectivity index (χ3n) is 4.76. The molecule has 0 radical (unpaired) electrons. The lowest BCUT2D eigenvalue weighted by Crippen LogP contribution is -2.43. The van der Waals surface area contributed by atoms with Crippen LogP contribution < -0.4 is 0 Å². The predicted molar refractivity (Wildman–Crippen MR) is 119 cm³/mol. The SMILES string of the molecule is O=C(O)[C@@H]1CCCN(C(=O)/C(=C/c2ccc(Cl)cc2Cl)CSc2ccccc2)C1. The molecule has 0 spiro atoms. The zero-order chi connectivity index (χ0) is 20.8. The van der Waals surface area contributed by atoms with E-state index in [1.54, 1.807) is 40.9 Å². The highest BCUT2D eigenvalue weighted by Gasteiger charge is 2.29. The van der Waals surface area contributed by atoms with Crippen molar-refractivity contribution in [3.8, 4) is 0 Å². The Kier molecular flexibility index (Phi) is 7.64. The van der Waals surface area contributed by atoms with Gasteiger partial charge in [0, 0.05) is 39.4 Å². The van der Waals surface area contributed by atoms with Gasteiger partial charge in [0.15, 0.2) is 0 Å². The van der Waals surface area contributed by atoms with Crippen molar-refractivity contribution in [1.82, 2.24) is 4.90 Å². The fraction of sp³-hybridized carbons (Fsp3) is 0.273. The van der Waals surface area contributed by atoms with Gasteiger partial charge in [-0.2, -0.15) is 0 Å². The van der Waals surface area contributed by atoms with Crippen molar-refractivity contribution < 1.29 is 14.7 Å². The number of carboxylic acid groups (broad SMARTS) is 1. The van der Waals surface area contributed by atoms with Crippen molar-refractivity contribution in [2.45, 2.75) is 17.7 Å². The fourth-order valence-corrected chi connectivity index (χ4v) is 4.56. The first-order chi connectivity index (χ1) is 13.9. The Bertz CT molecular complexity index is 918. The highest BCUT2D eigenvalue weighted by molar-refractivity contribution is 7.99. The van der Waals surface area contributed by atoms with Crippen molar-refractivity contribution in [2.75, 3.05) is 18.8 Å². The molecule has 0 unspecified atom stereocenters. The Hall–Kier alpha value is -1.95. The van der Waals surface area contributed by atoms with Gasteiger partial charge in [-0.3, -0.25) is 9.59 Å². The van der Waals surface area contributed by atoms with Crippen molar-refractivity contribution in [3.63, 3.8) is 0 Å². The molecule has 152 valence electrons. The van der Waals surface area contributed by atoms with E-state index in [9.17, 15) is 14.7 Å². The lowest BCUT2D eigenvalue weighted by atomic mass is 9.97. The average molecular weight is 450 g/mol. The van der Waals surface area contributed by atoms with Gasteiger partial charge in [0.25, 0.3) is 5.91 Å². The van der Waals surface area contributed by atoms with E-state index < -0.39 is 11.9 Å². The number of carbonyl (C=O) groups excluding carboxylic acids is 1. The number of carbonyl (C=O) groups is 2. The number of nitrogens with zero attached hydrogens (tertiary/aromatic N) is 1. The van der Waals surface area contributed by atoms with Gasteiger partial charge in [-0.05, 0) is 48.7 Å². The standard InChI is InChI=1S/C22H21Cl2NO3S/c23-18-9-8-15(20(24)12-18)11-17(14-29-19-6-2-1-3-7-19)21(26)25-10-4-5-16(13-25)22(27)28/h1-3,6-9,11-12,16H,4-5,10,13-14H2,(H,27,28)/b17-11+/t16-/m1/s1. The molecule has 1 amide bonds. The molecule has 7 heteroatoms. The number of hydrogen-bond donors (Lipinski definition) is 1. The summed E-state index contributed by atoms with van der Waals surface area (Å²) in [7, 11) is 0. The van der Waals surface area contributed by atoms with E-state index in [1.165, 1.54) is 0 Å². The molecule has 0 bridgehead atoms.